The van der Waals surface area contributed by atoms with Gasteiger partial charge in [0.2, 0.25) is 0 Å². The highest BCUT2D eigenvalue weighted by atomic mass is 35.5. The highest BCUT2D eigenvalue weighted by molar-refractivity contribution is 6.01. The van der Waals surface area contributed by atoms with Crippen molar-refractivity contribution in [3.05, 3.63) is 60.2 Å². The molecule has 0 saturated heterocycles. The number of imidazole rings is 1. The molecule has 4 nitrogen and oxygen atoms in total. The molecule has 0 unspecified atom stereocenters. The quantitative estimate of drug-likeness (QED) is 0.440. The van der Waals surface area contributed by atoms with E-state index in [1.165, 1.54) is 5.39 Å². The maximum absolute atomic E-state index is 6.13. The zero-order chi connectivity index (χ0) is 16.0. The van der Waals surface area contributed by atoms with Crippen molar-refractivity contribution in [3.63, 3.8) is 0 Å². The molecular weight excluding hydrogens is 320 g/mol. The molecule has 4 rings (SSSR count). The van der Waals surface area contributed by atoms with Crippen LogP contribution in [0.4, 0.5) is 0 Å². The Morgan fingerprint density at radius 2 is 1.83 bits per heavy atom. The van der Waals surface area contributed by atoms with E-state index in [4.69, 9.17) is 10.7 Å². The number of nitrogens with zero attached hydrogens (tertiary/aromatic N) is 3. The summed E-state index contributed by atoms with van der Waals surface area (Å²) >= 11 is 0. The molecule has 0 spiro atoms. The topological polar surface area (TPSA) is 55.7 Å². The third-order valence-corrected chi connectivity index (χ3v) is 3.96. The van der Waals surface area contributed by atoms with E-state index in [9.17, 15) is 0 Å². The molecule has 0 radical (unpaired) electrons. The minimum Gasteiger partial charge on any atom is -0.383 e. The van der Waals surface area contributed by atoms with Crippen LogP contribution in [0.1, 0.15) is 19.4 Å². The standard InChI is InChI=1S/C19H18N4.ClH/c1-12(2)21-19(20)14-7-9-15-17(11-14)23-16-6-4-3-5-13(16)8-10-18(23)22-15;/h3-12H,1-2H3,(H2,20,21);1H. The van der Waals surface area contributed by atoms with E-state index in [2.05, 4.69) is 33.7 Å². The number of benzene rings is 2. The zero-order valence-electron chi connectivity index (χ0n) is 13.6. The molecule has 5 heteroatoms. The average Bonchev–Trinajstić information content (AvgIpc) is 2.92. The Morgan fingerprint density at radius 3 is 2.62 bits per heavy atom. The number of amidine groups is 1. The Bertz CT molecular complexity index is 1060. The molecule has 2 aromatic carbocycles. The highest BCUT2D eigenvalue weighted by Gasteiger charge is 2.09. The summed E-state index contributed by atoms with van der Waals surface area (Å²) in [4.78, 5) is 9.15. The van der Waals surface area contributed by atoms with E-state index in [-0.39, 0.29) is 18.4 Å². The van der Waals surface area contributed by atoms with Gasteiger partial charge in [0.15, 0.2) is 0 Å². The van der Waals surface area contributed by atoms with Gasteiger partial charge in [0.25, 0.3) is 0 Å². The van der Waals surface area contributed by atoms with Crippen molar-refractivity contribution < 1.29 is 0 Å². The lowest BCUT2D eigenvalue weighted by Crippen LogP contribution is -2.15. The van der Waals surface area contributed by atoms with Gasteiger partial charge in [0.05, 0.1) is 16.6 Å². The number of aliphatic imine (C=N–C) groups is 1. The Hall–Kier alpha value is -2.59. The lowest BCUT2D eigenvalue weighted by molar-refractivity contribution is 0.834. The molecule has 0 aliphatic rings. The maximum atomic E-state index is 6.13. The molecule has 0 saturated carbocycles. The number of hydrogen-bond acceptors (Lipinski definition) is 2. The molecule has 2 aromatic heterocycles. The van der Waals surface area contributed by atoms with Gasteiger partial charge in [-0.15, -0.1) is 12.4 Å². The fourth-order valence-electron chi connectivity index (χ4n) is 2.97. The van der Waals surface area contributed by atoms with Crippen molar-refractivity contribution in [1.82, 2.24) is 9.38 Å². The normalized spacial score (nSPS) is 12.2. The van der Waals surface area contributed by atoms with Crippen LogP contribution in [-0.4, -0.2) is 21.3 Å². The van der Waals surface area contributed by atoms with E-state index in [1.807, 2.05) is 44.2 Å². The first-order valence-corrected chi connectivity index (χ1v) is 7.77. The molecule has 122 valence electrons. The van der Waals surface area contributed by atoms with E-state index < -0.39 is 0 Å². The van der Waals surface area contributed by atoms with Crippen molar-refractivity contribution >= 4 is 45.8 Å². The van der Waals surface area contributed by atoms with Crippen LogP contribution in [0.2, 0.25) is 0 Å². The average molecular weight is 339 g/mol. The second-order valence-corrected chi connectivity index (χ2v) is 6.01. The molecule has 0 fully saturated rings. The number of nitrogens with two attached hydrogens (primary N) is 1. The molecular formula is C19H19ClN4. The summed E-state index contributed by atoms with van der Waals surface area (Å²) < 4.78 is 2.18. The fraction of sp³-hybridized carbons (Fsp3) is 0.158. The lowest BCUT2D eigenvalue weighted by Gasteiger charge is -2.05. The van der Waals surface area contributed by atoms with Crippen LogP contribution in [0.3, 0.4) is 0 Å². The second kappa shape index (κ2) is 6.13. The minimum atomic E-state index is 0. The van der Waals surface area contributed by atoms with Crippen molar-refractivity contribution in [2.45, 2.75) is 19.9 Å². The molecule has 0 aliphatic heterocycles. The van der Waals surface area contributed by atoms with Gasteiger partial charge >= 0.3 is 0 Å². The zero-order valence-corrected chi connectivity index (χ0v) is 14.4. The summed E-state index contributed by atoms with van der Waals surface area (Å²) in [5.74, 6) is 0.567. The van der Waals surface area contributed by atoms with Crippen molar-refractivity contribution in [3.8, 4) is 0 Å². The maximum Gasteiger partial charge on any atom is 0.138 e. The van der Waals surface area contributed by atoms with Crippen LogP contribution >= 0.6 is 12.4 Å². The summed E-state index contributed by atoms with van der Waals surface area (Å²) in [6.45, 7) is 4.04. The van der Waals surface area contributed by atoms with Crippen LogP contribution in [0.5, 0.6) is 0 Å². The number of hydrogen-bond donors (Lipinski definition) is 1. The molecule has 0 amide bonds. The minimum absolute atomic E-state index is 0. The van der Waals surface area contributed by atoms with Crippen LogP contribution in [0.25, 0.3) is 27.6 Å². The van der Waals surface area contributed by atoms with Crippen molar-refractivity contribution in [1.29, 1.82) is 0 Å². The summed E-state index contributed by atoms with van der Waals surface area (Å²) in [5.41, 5.74) is 11.2. The van der Waals surface area contributed by atoms with Crippen LogP contribution in [-0.2, 0) is 0 Å². The van der Waals surface area contributed by atoms with E-state index in [0.29, 0.717) is 5.84 Å². The van der Waals surface area contributed by atoms with Gasteiger partial charge in [-0.2, -0.15) is 0 Å². The highest BCUT2D eigenvalue weighted by Crippen LogP contribution is 2.24. The molecule has 2 N–H and O–H groups in total. The van der Waals surface area contributed by atoms with E-state index in [0.717, 1.165) is 27.8 Å². The van der Waals surface area contributed by atoms with Gasteiger partial charge in [-0.3, -0.25) is 9.39 Å². The largest absolute Gasteiger partial charge is 0.383 e. The predicted octanol–water partition coefficient (Wildman–Crippen LogP) is 4.18. The van der Waals surface area contributed by atoms with Gasteiger partial charge in [-0.25, -0.2) is 4.98 Å². The van der Waals surface area contributed by atoms with E-state index in [1.54, 1.807) is 0 Å². The van der Waals surface area contributed by atoms with Crippen molar-refractivity contribution in [2.24, 2.45) is 10.7 Å². The summed E-state index contributed by atoms with van der Waals surface area (Å²) in [5, 5.41) is 1.19. The van der Waals surface area contributed by atoms with Crippen molar-refractivity contribution in [2.75, 3.05) is 0 Å². The molecule has 4 aromatic rings. The van der Waals surface area contributed by atoms with Crippen LogP contribution in [0, 0.1) is 0 Å². The van der Waals surface area contributed by atoms with Gasteiger partial charge < -0.3 is 5.73 Å². The molecule has 2 heterocycles. The Balaban J connectivity index is 0.00000169. The van der Waals surface area contributed by atoms with Gasteiger partial charge in [0, 0.05) is 11.6 Å². The smallest absolute Gasteiger partial charge is 0.138 e. The first kappa shape index (κ1) is 16.3. The molecule has 24 heavy (non-hydrogen) atoms. The van der Waals surface area contributed by atoms with Gasteiger partial charge in [0.1, 0.15) is 11.5 Å². The summed E-state index contributed by atoms with van der Waals surface area (Å²) in [6.07, 6.45) is 0. The molecule has 0 atom stereocenters. The second-order valence-electron chi connectivity index (χ2n) is 6.01. The number of rotatable bonds is 2. The monoisotopic (exact) mass is 338 g/mol. The number of fused-ring (bicyclic) bond motifs is 5. The first-order valence-electron chi connectivity index (χ1n) is 7.77. The Morgan fingerprint density at radius 1 is 1.04 bits per heavy atom. The Kier molecular flexibility index (Phi) is 4.16. The third-order valence-electron chi connectivity index (χ3n) is 3.96. The Labute approximate surface area is 146 Å². The SMILES string of the molecule is CC(C)N=C(N)c1ccc2nc3ccc4ccccc4n3c2c1.Cl. The van der Waals surface area contributed by atoms with Crippen LogP contribution < -0.4 is 5.73 Å². The third kappa shape index (κ3) is 2.59. The van der Waals surface area contributed by atoms with Gasteiger partial charge in [-0.05, 0) is 55.6 Å². The molecule has 0 aliphatic carbocycles. The van der Waals surface area contributed by atoms with Crippen LogP contribution in [0.15, 0.2) is 59.6 Å². The fourth-order valence-corrected chi connectivity index (χ4v) is 2.97. The number of pyridine rings is 1. The number of halogens is 1. The number of para-hydroxylation sites is 1. The lowest BCUT2D eigenvalue weighted by atomic mass is 10.1. The summed E-state index contributed by atoms with van der Waals surface area (Å²) in [7, 11) is 0. The van der Waals surface area contributed by atoms with E-state index >= 15 is 0 Å². The molecule has 0 bridgehead atoms. The van der Waals surface area contributed by atoms with Gasteiger partial charge in [-0.1, -0.05) is 18.2 Å². The number of aromatic nitrogens is 2. The first-order chi connectivity index (χ1) is 11.1. The summed E-state index contributed by atoms with van der Waals surface area (Å²) in [6, 6.07) is 18.7. The predicted molar refractivity (Wildman–Crippen MR) is 103 cm³/mol.